The molecule has 0 bridgehead atoms. The second-order valence-corrected chi connectivity index (χ2v) is 6.84. The van der Waals surface area contributed by atoms with Crippen molar-refractivity contribution in [2.45, 2.75) is 54.6 Å². The summed E-state index contributed by atoms with van der Waals surface area (Å²) in [4.78, 5) is 0. The largest absolute Gasteiger partial charge is 0.392 e. The summed E-state index contributed by atoms with van der Waals surface area (Å²) in [5.41, 5.74) is 0.426. The summed E-state index contributed by atoms with van der Waals surface area (Å²) in [6.45, 7) is 15.5. The Bertz CT molecular complexity index is 192. The average molecular weight is 184 g/mol. The minimum absolute atomic E-state index is 0.0712. The molecule has 0 unspecified atom stereocenters. The predicted octanol–water partition coefficient (Wildman–Crippen LogP) is 3.08. The van der Waals surface area contributed by atoms with Gasteiger partial charge in [0.25, 0.3) is 0 Å². The first-order valence-corrected chi connectivity index (χ1v) is 5.20. The van der Waals surface area contributed by atoms with Gasteiger partial charge in [-0.15, -0.1) is 0 Å². The van der Waals surface area contributed by atoms with Crippen molar-refractivity contribution in [2.24, 2.45) is 22.2 Å². The maximum Gasteiger partial charge on any atom is 0.0648 e. The molecular weight excluding hydrogens is 160 g/mol. The maximum atomic E-state index is 10.0. The van der Waals surface area contributed by atoms with Crippen molar-refractivity contribution in [1.29, 1.82) is 0 Å². The standard InChI is InChI=1S/C12H24O/c1-10(2,3)8-11(4,5)9(13)12(8,6)7/h8-9,13H,1-7H3. The van der Waals surface area contributed by atoms with Crippen LogP contribution in [-0.2, 0) is 0 Å². The molecule has 1 aliphatic carbocycles. The summed E-state index contributed by atoms with van der Waals surface area (Å²) in [7, 11) is 0. The van der Waals surface area contributed by atoms with Crippen molar-refractivity contribution in [3.63, 3.8) is 0 Å². The number of hydrogen-bond acceptors (Lipinski definition) is 1. The van der Waals surface area contributed by atoms with E-state index in [0.717, 1.165) is 0 Å². The van der Waals surface area contributed by atoms with Crippen LogP contribution in [0.2, 0.25) is 0 Å². The lowest BCUT2D eigenvalue weighted by Crippen LogP contribution is -2.67. The van der Waals surface area contributed by atoms with Crippen LogP contribution in [0.5, 0.6) is 0 Å². The Morgan fingerprint density at radius 3 is 1.38 bits per heavy atom. The molecule has 0 aromatic heterocycles. The van der Waals surface area contributed by atoms with E-state index >= 15 is 0 Å². The van der Waals surface area contributed by atoms with Crippen molar-refractivity contribution in [3.05, 3.63) is 0 Å². The van der Waals surface area contributed by atoms with Crippen LogP contribution < -0.4 is 0 Å². The highest BCUT2D eigenvalue weighted by molar-refractivity contribution is 5.12. The third kappa shape index (κ3) is 1.32. The highest BCUT2D eigenvalue weighted by Gasteiger charge is 2.64. The molecule has 0 saturated heterocycles. The summed E-state index contributed by atoms with van der Waals surface area (Å²) in [6.07, 6.45) is -0.163. The van der Waals surface area contributed by atoms with Gasteiger partial charge in [-0.3, -0.25) is 0 Å². The first kappa shape index (κ1) is 11.0. The molecule has 0 aliphatic heterocycles. The lowest BCUT2D eigenvalue weighted by Gasteiger charge is -2.66. The summed E-state index contributed by atoms with van der Waals surface area (Å²) in [6, 6.07) is 0. The summed E-state index contributed by atoms with van der Waals surface area (Å²) >= 11 is 0. The second-order valence-electron chi connectivity index (χ2n) is 6.84. The third-order valence-electron chi connectivity index (χ3n) is 3.76. The molecule has 1 saturated carbocycles. The van der Waals surface area contributed by atoms with Gasteiger partial charge in [-0.25, -0.2) is 0 Å². The van der Waals surface area contributed by atoms with E-state index in [0.29, 0.717) is 5.92 Å². The SMILES string of the molecule is CC(C)(C)C1C(C)(C)C(O)C1(C)C. The minimum Gasteiger partial charge on any atom is -0.392 e. The molecule has 1 nitrogen and oxygen atoms in total. The Labute approximate surface area is 82.5 Å². The lowest BCUT2D eigenvalue weighted by molar-refractivity contribution is -0.246. The highest BCUT2D eigenvalue weighted by Crippen LogP contribution is 2.64. The van der Waals surface area contributed by atoms with E-state index in [1.165, 1.54) is 0 Å². The van der Waals surface area contributed by atoms with Gasteiger partial charge in [0, 0.05) is 0 Å². The summed E-state index contributed by atoms with van der Waals surface area (Å²) in [5, 5.41) is 10.0. The van der Waals surface area contributed by atoms with E-state index in [1.54, 1.807) is 0 Å². The molecule has 0 radical (unpaired) electrons. The van der Waals surface area contributed by atoms with Crippen LogP contribution >= 0.6 is 0 Å². The Hall–Kier alpha value is -0.0400. The zero-order valence-electron chi connectivity index (χ0n) is 10.1. The third-order valence-corrected chi connectivity index (χ3v) is 3.76. The molecule has 0 aromatic rings. The molecule has 0 amide bonds. The van der Waals surface area contributed by atoms with E-state index in [-0.39, 0.29) is 22.3 Å². The summed E-state index contributed by atoms with van der Waals surface area (Å²) in [5.74, 6) is 0.586. The molecule has 1 aliphatic rings. The van der Waals surface area contributed by atoms with Crippen LogP contribution in [0.25, 0.3) is 0 Å². The van der Waals surface area contributed by atoms with Gasteiger partial charge >= 0.3 is 0 Å². The lowest BCUT2D eigenvalue weighted by atomic mass is 9.40. The van der Waals surface area contributed by atoms with Crippen LogP contribution in [-0.4, -0.2) is 11.2 Å². The normalized spacial score (nSPS) is 36.9. The van der Waals surface area contributed by atoms with Gasteiger partial charge in [0.2, 0.25) is 0 Å². The molecule has 0 spiro atoms. The summed E-state index contributed by atoms with van der Waals surface area (Å²) < 4.78 is 0. The number of aliphatic hydroxyl groups excluding tert-OH is 1. The van der Waals surface area contributed by atoms with Gasteiger partial charge in [-0.2, -0.15) is 0 Å². The molecule has 1 heteroatoms. The fourth-order valence-electron chi connectivity index (χ4n) is 4.37. The van der Waals surface area contributed by atoms with Gasteiger partial charge in [-0.1, -0.05) is 48.5 Å². The molecule has 13 heavy (non-hydrogen) atoms. The fourth-order valence-corrected chi connectivity index (χ4v) is 4.37. The first-order valence-electron chi connectivity index (χ1n) is 5.20. The zero-order valence-corrected chi connectivity index (χ0v) is 10.1. The van der Waals surface area contributed by atoms with E-state index in [4.69, 9.17) is 0 Å². The van der Waals surface area contributed by atoms with Crippen molar-refractivity contribution in [1.82, 2.24) is 0 Å². The Balaban J connectivity index is 2.98. The highest BCUT2D eigenvalue weighted by atomic mass is 16.3. The molecule has 1 N–H and O–H groups in total. The molecule has 0 atom stereocenters. The van der Waals surface area contributed by atoms with E-state index in [2.05, 4.69) is 48.5 Å². The van der Waals surface area contributed by atoms with Crippen LogP contribution in [0.3, 0.4) is 0 Å². The van der Waals surface area contributed by atoms with Gasteiger partial charge in [-0.05, 0) is 22.2 Å². The number of hydrogen-bond donors (Lipinski definition) is 1. The van der Waals surface area contributed by atoms with Crippen LogP contribution in [0.15, 0.2) is 0 Å². The van der Waals surface area contributed by atoms with E-state index in [1.807, 2.05) is 0 Å². The molecule has 0 heterocycles. The minimum atomic E-state index is -0.163. The number of rotatable bonds is 0. The number of aliphatic hydroxyl groups is 1. The van der Waals surface area contributed by atoms with Crippen molar-refractivity contribution >= 4 is 0 Å². The zero-order chi connectivity index (χ0) is 10.7. The van der Waals surface area contributed by atoms with Gasteiger partial charge in [0.05, 0.1) is 6.10 Å². The van der Waals surface area contributed by atoms with Crippen molar-refractivity contribution in [3.8, 4) is 0 Å². The molecule has 1 rings (SSSR count). The fraction of sp³-hybridized carbons (Fsp3) is 1.00. The molecule has 0 aromatic carbocycles. The Morgan fingerprint density at radius 2 is 1.23 bits per heavy atom. The Morgan fingerprint density at radius 1 is 0.923 bits per heavy atom. The quantitative estimate of drug-likeness (QED) is 0.613. The van der Waals surface area contributed by atoms with E-state index < -0.39 is 0 Å². The Kier molecular flexibility index (Phi) is 2.12. The smallest absolute Gasteiger partial charge is 0.0648 e. The molecular formula is C12H24O. The van der Waals surface area contributed by atoms with Crippen LogP contribution in [0, 0.1) is 22.2 Å². The van der Waals surface area contributed by atoms with Crippen LogP contribution in [0.4, 0.5) is 0 Å². The monoisotopic (exact) mass is 184 g/mol. The molecule has 78 valence electrons. The topological polar surface area (TPSA) is 20.2 Å². The second kappa shape index (κ2) is 2.50. The maximum absolute atomic E-state index is 10.0. The predicted molar refractivity (Wildman–Crippen MR) is 56.5 cm³/mol. The van der Waals surface area contributed by atoms with Gasteiger partial charge < -0.3 is 5.11 Å². The van der Waals surface area contributed by atoms with Gasteiger partial charge in [0.15, 0.2) is 0 Å². The average Bonchev–Trinajstić information content (AvgIpc) is 1.81. The first-order chi connectivity index (χ1) is 5.52. The van der Waals surface area contributed by atoms with Gasteiger partial charge in [0.1, 0.15) is 0 Å². The van der Waals surface area contributed by atoms with Crippen molar-refractivity contribution < 1.29 is 5.11 Å². The molecule has 1 fully saturated rings. The van der Waals surface area contributed by atoms with Crippen LogP contribution in [0.1, 0.15) is 48.5 Å². The van der Waals surface area contributed by atoms with E-state index in [9.17, 15) is 5.11 Å². The van der Waals surface area contributed by atoms with Crippen molar-refractivity contribution in [2.75, 3.05) is 0 Å².